The molecule has 3 rings (SSSR count). The number of rotatable bonds is 3. The van der Waals surface area contributed by atoms with Crippen LogP contribution in [0.2, 0.25) is 0 Å². The first-order chi connectivity index (χ1) is 11.3. The van der Waals surface area contributed by atoms with Gasteiger partial charge in [-0.3, -0.25) is 9.69 Å². The number of carbonyl (C=O) groups is 1. The zero-order valence-electron chi connectivity index (χ0n) is 13.9. The Labute approximate surface area is 138 Å². The third-order valence-electron chi connectivity index (χ3n) is 4.85. The van der Waals surface area contributed by atoms with E-state index in [9.17, 15) is 4.79 Å². The molecule has 1 unspecified atom stereocenters. The molecule has 1 amide bonds. The highest BCUT2D eigenvalue weighted by molar-refractivity contribution is 5.97. The minimum atomic E-state index is 0.0866. The van der Waals surface area contributed by atoms with Crippen LogP contribution in [0.25, 0.3) is 0 Å². The maximum absolute atomic E-state index is 12.8. The molecule has 0 saturated carbocycles. The Morgan fingerprint density at radius 2 is 2.00 bits per heavy atom. The van der Waals surface area contributed by atoms with Crippen molar-refractivity contribution in [3.8, 4) is 5.75 Å². The lowest BCUT2D eigenvalue weighted by atomic mass is 10.0. The SMILES string of the molecule is COc1ccccc1C(=O)N1CCCN(C2C=CCCC2)CC1. The Bertz CT molecular complexity index is 570. The first-order valence-corrected chi connectivity index (χ1v) is 8.62. The van der Waals surface area contributed by atoms with Gasteiger partial charge in [-0.2, -0.15) is 0 Å². The van der Waals surface area contributed by atoms with Crippen molar-refractivity contribution >= 4 is 5.91 Å². The lowest BCUT2D eigenvalue weighted by Gasteiger charge is -2.30. The smallest absolute Gasteiger partial charge is 0.257 e. The maximum Gasteiger partial charge on any atom is 0.257 e. The van der Waals surface area contributed by atoms with Crippen molar-refractivity contribution in [2.75, 3.05) is 33.3 Å². The molecule has 2 aliphatic rings. The number of amides is 1. The van der Waals surface area contributed by atoms with Gasteiger partial charge in [0.05, 0.1) is 12.7 Å². The molecular formula is C19H26N2O2. The van der Waals surface area contributed by atoms with Crippen molar-refractivity contribution in [3.63, 3.8) is 0 Å². The van der Waals surface area contributed by atoms with Crippen LogP contribution in [0.1, 0.15) is 36.0 Å². The van der Waals surface area contributed by atoms with Crippen LogP contribution in [0, 0.1) is 0 Å². The zero-order chi connectivity index (χ0) is 16.1. The number of nitrogens with zero attached hydrogens (tertiary/aromatic N) is 2. The van der Waals surface area contributed by atoms with E-state index >= 15 is 0 Å². The average molecular weight is 314 g/mol. The Balaban J connectivity index is 1.66. The molecule has 0 spiro atoms. The fourth-order valence-corrected chi connectivity index (χ4v) is 3.56. The molecule has 1 aliphatic carbocycles. The molecule has 124 valence electrons. The van der Waals surface area contributed by atoms with E-state index in [0.29, 0.717) is 17.4 Å². The van der Waals surface area contributed by atoms with Gasteiger partial charge >= 0.3 is 0 Å². The van der Waals surface area contributed by atoms with Crippen molar-refractivity contribution in [3.05, 3.63) is 42.0 Å². The van der Waals surface area contributed by atoms with E-state index in [1.54, 1.807) is 7.11 Å². The Morgan fingerprint density at radius 1 is 1.13 bits per heavy atom. The van der Waals surface area contributed by atoms with Crippen LogP contribution in [-0.2, 0) is 0 Å². The minimum Gasteiger partial charge on any atom is -0.496 e. The van der Waals surface area contributed by atoms with E-state index in [1.807, 2.05) is 29.2 Å². The second-order valence-electron chi connectivity index (χ2n) is 6.31. The van der Waals surface area contributed by atoms with Gasteiger partial charge in [-0.15, -0.1) is 0 Å². The standard InChI is InChI=1S/C19H26N2O2/c1-23-18-11-6-5-10-17(18)19(22)21-13-7-12-20(14-15-21)16-8-3-2-4-9-16/h3,5-6,8,10-11,16H,2,4,7,9,12-15H2,1H3. The molecule has 4 heteroatoms. The Kier molecular flexibility index (Phi) is 5.34. The summed E-state index contributed by atoms with van der Waals surface area (Å²) in [5, 5.41) is 0. The number of ether oxygens (including phenoxy) is 1. The van der Waals surface area contributed by atoms with Gasteiger partial charge in [-0.05, 0) is 37.8 Å². The quantitative estimate of drug-likeness (QED) is 0.804. The summed E-state index contributed by atoms with van der Waals surface area (Å²) in [5.41, 5.74) is 0.668. The normalized spacial score (nSPS) is 22.7. The average Bonchev–Trinajstić information content (AvgIpc) is 2.88. The molecule has 0 radical (unpaired) electrons. The van der Waals surface area contributed by atoms with E-state index in [-0.39, 0.29) is 5.91 Å². The third kappa shape index (κ3) is 3.75. The summed E-state index contributed by atoms with van der Waals surface area (Å²) < 4.78 is 5.34. The lowest BCUT2D eigenvalue weighted by Crippen LogP contribution is -2.39. The fourth-order valence-electron chi connectivity index (χ4n) is 3.56. The van der Waals surface area contributed by atoms with Gasteiger partial charge in [0.25, 0.3) is 5.91 Å². The van der Waals surface area contributed by atoms with Crippen molar-refractivity contribution in [2.45, 2.75) is 31.7 Å². The minimum absolute atomic E-state index is 0.0866. The highest BCUT2D eigenvalue weighted by Crippen LogP contribution is 2.22. The molecule has 0 aromatic heterocycles. The van der Waals surface area contributed by atoms with Gasteiger partial charge in [0.15, 0.2) is 0 Å². The van der Waals surface area contributed by atoms with Gasteiger partial charge in [0, 0.05) is 32.2 Å². The number of allylic oxidation sites excluding steroid dienone is 1. The Hall–Kier alpha value is -1.81. The molecule has 1 atom stereocenters. The molecule has 23 heavy (non-hydrogen) atoms. The highest BCUT2D eigenvalue weighted by atomic mass is 16.5. The van der Waals surface area contributed by atoms with Gasteiger partial charge in [-0.1, -0.05) is 24.3 Å². The van der Waals surface area contributed by atoms with E-state index in [2.05, 4.69) is 17.1 Å². The number of methoxy groups -OCH3 is 1. The number of hydrogen-bond acceptors (Lipinski definition) is 3. The number of para-hydroxylation sites is 1. The summed E-state index contributed by atoms with van der Waals surface area (Å²) in [6.07, 6.45) is 9.42. The summed E-state index contributed by atoms with van der Waals surface area (Å²) in [5.74, 6) is 0.748. The number of carbonyl (C=O) groups excluding carboxylic acids is 1. The molecule has 1 saturated heterocycles. The van der Waals surface area contributed by atoms with Crippen molar-refractivity contribution in [1.82, 2.24) is 9.80 Å². The predicted molar refractivity (Wildman–Crippen MR) is 91.9 cm³/mol. The fraction of sp³-hybridized carbons (Fsp3) is 0.526. The number of benzene rings is 1. The molecule has 1 fully saturated rings. The van der Waals surface area contributed by atoms with Crippen LogP contribution in [0.15, 0.2) is 36.4 Å². The van der Waals surface area contributed by atoms with Gasteiger partial charge in [-0.25, -0.2) is 0 Å². The van der Waals surface area contributed by atoms with Crippen molar-refractivity contribution in [1.29, 1.82) is 0 Å². The summed E-state index contributed by atoms with van der Waals surface area (Å²) in [4.78, 5) is 17.3. The summed E-state index contributed by atoms with van der Waals surface area (Å²) in [6, 6.07) is 8.06. The van der Waals surface area contributed by atoms with Gasteiger partial charge in [0.2, 0.25) is 0 Å². The molecule has 1 heterocycles. The summed E-state index contributed by atoms with van der Waals surface area (Å²) in [6.45, 7) is 3.64. The molecule has 0 N–H and O–H groups in total. The van der Waals surface area contributed by atoms with Crippen molar-refractivity contribution in [2.24, 2.45) is 0 Å². The zero-order valence-corrected chi connectivity index (χ0v) is 13.9. The molecular weight excluding hydrogens is 288 g/mol. The van der Waals surface area contributed by atoms with Crippen LogP contribution < -0.4 is 4.74 Å². The highest BCUT2D eigenvalue weighted by Gasteiger charge is 2.25. The predicted octanol–water partition coefficient (Wildman–Crippen LogP) is 2.95. The second-order valence-corrected chi connectivity index (χ2v) is 6.31. The van der Waals surface area contributed by atoms with Crippen LogP contribution in [-0.4, -0.2) is 55.0 Å². The molecule has 0 bridgehead atoms. The van der Waals surface area contributed by atoms with Gasteiger partial charge in [0.1, 0.15) is 5.75 Å². The van der Waals surface area contributed by atoms with Crippen LogP contribution >= 0.6 is 0 Å². The monoisotopic (exact) mass is 314 g/mol. The van der Waals surface area contributed by atoms with Crippen LogP contribution in [0.4, 0.5) is 0 Å². The van der Waals surface area contributed by atoms with Crippen molar-refractivity contribution < 1.29 is 9.53 Å². The Morgan fingerprint density at radius 3 is 2.78 bits per heavy atom. The second kappa shape index (κ2) is 7.64. The lowest BCUT2D eigenvalue weighted by molar-refractivity contribution is 0.0756. The molecule has 1 aromatic carbocycles. The molecule has 1 aliphatic heterocycles. The number of hydrogen-bond donors (Lipinski definition) is 0. The topological polar surface area (TPSA) is 32.8 Å². The van der Waals surface area contributed by atoms with Crippen LogP contribution in [0.3, 0.4) is 0 Å². The van der Waals surface area contributed by atoms with E-state index < -0.39 is 0 Å². The largest absolute Gasteiger partial charge is 0.496 e. The summed E-state index contributed by atoms with van der Waals surface area (Å²) in [7, 11) is 1.62. The molecule has 4 nitrogen and oxygen atoms in total. The van der Waals surface area contributed by atoms with Gasteiger partial charge < -0.3 is 9.64 Å². The van der Waals surface area contributed by atoms with E-state index in [0.717, 1.165) is 32.6 Å². The van der Waals surface area contributed by atoms with Crippen LogP contribution in [0.5, 0.6) is 5.75 Å². The van der Waals surface area contributed by atoms with E-state index in [1.165, 1.54) is 19.3 Å². The first-order valence-electron chi connectivity index (χ1n) is 8.62. The third-order valence-corrected chi connectivity index (χ3v) is 4.85. The van der Waals surface area contributed by atoms with E-state index in [4.69, 9.17) is 4.74 Å². The molecule has 1 aromatic rings. The first kappa shape index (κ1) is 16.1. The maximum atomic E-state index is 12.8. The summed E-state index contributed by atoms with van der Waals surface area (Å²) >= 11 is 0.